The molecule has 18 heavy (non-hydrogen) atoms. The predicted molar refractivity (Wildman–Crippen MR) is 64.8 cm³/mol. The van der Waals surface area contributed by atoms with Crippen LogP contribution in [0.15, 0.2) is 0 Å². The van der Waals surface area contributed by atoms with Crippen LogP contribution in [0.1, 0.15) is 39.5 Å². The highest BCUT2D eigenvalue weighted by Crippen LogP contribution is 2.25. The van der Waals surface area contributed by atoms with E-state index < -0.39 is 17.4 Å². The number of carboxylic acid groups (broad SMARTS) is 1. The molecule has 102 valence electrons. The SMILES string of the molecule is CCC(CC)(CNC(=O)[C@@H]1CCC(=O)N1)C(=O)O. The number of nitrogens with one attached hydrogen (secondary N) is 2. The molecule has 1 rings (SSSR count). The zero-order valence-electron chi connectivity index (χ0n) is 10.8. The van der Waals surface area contributed by atoms with Crippen LogP contribution in [0.4, 0.5) is 0 Å². The highest BCUT2D eigenvalue weighted by atomic mass is 16.4. The van der Waals surface area contributed by atoms with E-state index in [0.29, 0.717) is 25.7 Å². The van der Waals surface area contributed by atoms with E-state index in [4.69, 9.17) is 0 Å². The second kappa shape index (κ2) is 5.84. The van der Waals surface area contributed by atoms with Gasteiger partial charge in [-0.3, -0.25) is 14.4 Å². The zero-order chi connectivity index (χ0) is 13.8. The van der Waals surface area contributed by atoms with Crippen LogP contribution >= 0.6 is 0 Å². The van der Waals surface area contributed by atoms with Crippen LogP contribution in [0.25, 0.3) is 0 Å². The fourth-order valence-corrected chi connectivity index (χ4v) is 2.07. The number of carboxylic acids is 1. The van der Waals surface area contributed by atoms with Crippen molar-refractivity contribution in [1.29, 1.82) is 0 Å². The minimum atomic E-state index is -0.918. The van der Waals surface area contributed by atoms with Crippen LogP contribution in [-0.4, -0.2) is 35.5 Å². The summed E-state index contributed by atoms with van der Waals surface area (Å²) in [5.41, 5.74) is -0.918. The van der Waals surface area contributed by atoms with Crippen molar-refractivity contribution < 1.29 is 19.5 Å². The average Bonchev–Trinajstić information content (AvgIpc) is 2.77. The fraction of sp³-hybridized carbons (Fsp3) is 0.750. The molecule has 1 fully saturated rings. The van der Waals surface area contributed by atoms with Gasteiger partial charge in [-0.1, -0.05) is 13.8 Å². The van der Waals surface area contributed by atoms with E-state index in [0.717, 1.165) is 0 Å². The Bertz CT molecular complexity index is 350. The molecule has 2 amide bonds. The maximum absolute atomic E-state index is 11.8. The first kappa shape index (κ1) is 14.5. The highest BCUT2D eigenvalue weighted by molar-refractivity contribution is 5.91. The quantitative estimate of drug-likeness (QED) is 0.635. The van der Waals surface area contributed by atoms with Gasteiger partial charge in [0.1, 0.15) is 6.04 Å². The van der Waals surface area contributed by atoms with Crippen molar-refractivity contribution in [2.24, 2.45) is 5.41 Å². The van der Waals surface area contributed by atoms with E-state index in [1.807, 2.05) is 0 Å². The van der Waals surface area contributed by atoms with Crippen LogP contribution in [-0.2, 0) is 14.4 Å². The minimum Gasteiger partial charge on any atom is -0.481 e. The zero-order valence-corrected chi connectivity index (χ0v) is 10.8. The predicted octanol–water partition coefficient (Wildman–Crippen LogP) is 0.272. The van der Waals surface area contributed by atoms with Crippen molar-refractivity contribution in [2.45, 2.75) is 45.6 Å². The third-order valence-corrected chi connectivity index (χ3v) is 3.72. The van der Waals surface area contributed by atoms with Crippen LogP contribution in [0, 0.1) is 5.41 Å². The largest absolute Gasteiger partial charge is 0.481 e. The fourth-order valence-electron chi connectivity index (χ4n) is 2.07. The molecule has 6 nitrogen and oxygen atoms in total. The number of carbonyl (C=O) groups excluding carboxylic acids is 2. The molecule has 0 saturated carbocycles. The third-order valence-electron chi connectivity index (χ3n) is 3.72. The van der Waals surface area contributed by atoms with Crippen LogP contribution in [0.2, 0.25) is 0 Å². The molecule has 1 atom stereocenters. The smallest absolute Gasteiger partial charge is 0.311 e. The molecular weight excluding hydrogens is 236 g/mol. The molecule has 0 radical (unpaired) electrons. The first-order chi connectivity index (χ1) is 8.45. The molecule has 0 aromatic heterocycles. The number of hydrogen-bond acceptors (Lipinski definition) is 3. The summed E-state index contributed by atoms with van der Waals surface area (Å²) in [5, 5.41) is 14.4. The van der Waals surface area contributed by atoms with Gasteiger partial charge in [-0.15, -0.1) is 0 Å². The van der Waals surface area contributed by atoms with E-state index in [1.165, 1.54) is 0 Å². The Balaban J connectivity index is 2.55. The molecule has 0 spiro atoms. The van der Waals surface area contributed by atoms with Crippen LogP contribution < -0.4 is 10.6 Å². The van der Waals surface area contributed by atoms with Gasteiger partial charge >= 0.3 is 5.97 Å². The van der Waals surface area contributed by atoms with E-state index in [2.05, 4.69) is 10.6 Å². The van der Waals surface area contributed by atoms with Crippen LogP contribution in [0.5, 0.6) is 0 Å². The summed E-state index contributed by atoms with van der Waals surface area (Å²) in [7, 11) is 0. The van der Waals surface area contributed by atoms with Crippen molar-refractivity contribution >= 4 is 17.8 Å². The molecule has 3 N–H and O–H groups in total. The van der Waals surface area contributed by atoms with Gasteiger partial charge in [0.25, 0.3) is 0 Å². The molecule has 6 heteroatoms. The summed E-state index contributed by atoms with van der Waals surface area (Å²) >= 11 is 0. The Kier molecular flexibility index (Phi) is 4.69. The monoisotopic (exact) mass is 256 g/mol. The van der Waals surface area contributed by atoms with Gasteiger partial charge in [-0.05, 0) is 19.3 Å². The van der Waals surface area contributed by atoms with E-state index in [1.54, 1.807) is 13.8 Å². The Morgan fingerprint density at radius 2 is 2.06 bits per heavy atom. The molecule has 0 aromatic rings. The summed E-state index contributed by atoms with van der Waals surface area (Å²) in [6, 6.07) is -0.516. The van der Waals surface area contributed by atoms with Crippen molar-refractivity contribution in [3.8, 4) is 0 Å². The molecule has 1 aliphatic heterocycles. The Hall–Kier alpha value is -1.59. The summed E-state index contributed by atoms with van der Waals surface area (Å²) in [4.78, 5) is 34.0. The standard InChI is InChI=1S/C12H20N2O4/c1-3-12(4-2,11(17)18)7-13-10(16)8-5-6-9(15)14-8/h8H,3-7H2,1-2H3,(H,13,16)(H,14,15)(H,17,18)/t8-/m0/s1. The maximum Gasteiger partial charge on any atom is 0.311 e. The molecule has 0 aliphatic carbocycles. The molecule has 1 aliphatic rings. The van der Waals surface area contributed by atoms with E-state index >= 15 is 0 Å². The number of amides is 2. The van der Waals surface area contributed by atoms with Crippen molar-refractivity contribution in [2.75, 3.05) is 6.54 Å². The lowest BCUT2D eigenvalue weighted by Crippen LogP contribution is -2.48. The Morgan fingerprint density at radius 1 is 1.44 bits per heavy atom. The lowest BCUT2D eigenvalue weighted by Gasteiger charge is -2.27. The van der Waals surface area contributed by atoms with Gasteiger partial charge in [-0.25, -0.2) is 0 Å². The summed E-state index contributed by atoms with van der Waals surface area (Å²) in [6.45, 7) is 3.68. The molecular formula is C12H20N2O4. The minimum absolute atomic E-state index is 0.0978. The van der Waals surface area contributed by atoms with Gasteiger partial charge in [0.2, 0.25) is 11.8 Å². The van der Waals surface area contributed by atoms with Crippen molar-refractivity contribution in [1.82, 2.24) is 10.6 Å². The van der Waals surface area contributed by atoms with E-state index in [-0.39, 0.29) is 18.4 Å². The lowest BCUT2D eigenvalue weighted by molar-refractivity contribution is -0.149. The van der Waals surface area contributed by atoms with Gasteiger partial charge in [0.15, 0.2) is 0 Å². The number of rotatable bonds is 6. The maximum atomic E-state index is 11.8. The molecule has 1 heterocycles. The van der Waals surface area contributed by atoms with Crippen molar-refractivity contribution in [3.05, 3.63) is 0 Å². The molecule has 0 aromatic carbocycles. The van der Waals surface area contributed by atoms with Gasteiger partial charge in [-0.2, -0.15) is 0 Å². The average molecular weight is 256 g/mol. The molecule has 0 unspecified atom stereocenters. The number of hydrogen-bond donors (Lipinski definition) is 3. The molecule has 0 bridgehead atoms. The second-order valence-corrected chi connectivity index (χ2v) is 4.67. The third kappa shape index (κ3) is 3.00. The normalized spacial score (nSPS) is 19.4. The topological polar surface area (TPSA) is 95.5 Å². The van der Waals surface area contributed by atoms with E-state index in [9.17, 15) is 19.5 Å². The van der Waals surface area contributed by atoms with Gasteiger partial charge in [0, 0.05) is 13.0 Å². The lowest BCUT2D eigenvalue weighted by atomic mass is 9.82. The second-order valence-electron chi connectivity index (χ2n) is 4.67. The summed E-state index contributed by atoms with van der Waals surface area (Å²) in [5.74, 6) is -1.33. The number of carbonyl (C=O) groups is 3. The van der Waals surface area contributed by atoms with Crippen LogP contribution in [0.3, 0.4) is 0 Å². The van der Waals surface area contributed by atoms with Crippen molar-refractivity contribution in [3.63, 3.8) is 0 Å². The summed E-state index contributed by atoms with van der Waals surface area (Å²) < 4.78 is 0. The molecule has 1 saturated heterocycles. The number of aliphatic carboxylic acids is 1. The van der Waals surface area contributed by atoms with Gasteiger partial charge < -0.3 is 15.7 Å². The Labute approximate surface area is 106 Å². The first-order valence-electron chi connectivity index (χ1n) is 6.25. The summed E-state index contributed by atoms with van der Waals surface area (Å²) in [6.07, 6.45) is 1.74. The first-order valence-corrected chi connectivity index (χ1v) is 6.25. The Morgan fingerprint density at radius 3 is 2.44 bits per heavy atom. The highest BCUT2D eigenvalue weighted by Gasteiger charge is 2.36. The van der Waals surface area contributed by atoms with Gasteiger partial charge in [0.05, 0.1) is 5.41 Å².